The van der Waals surface area contributed by atoms with Crippen LogP contribution in [0.15, 0.2) is 46.2 Å². The molecule has 0 aliphatic carbocycles. The molecule has 3 heterocycles. The van der Waals surface area contributed by atoms with E-state index in [0.29, 0.717) is 30.3 Å². The standard InChI is InChI=1S/C25H26N4O5S/c1-28-9-8-16-10-19-21(34-14-33-19)22(32-2)20(16)18(28)12-26-11-17-23(30)27-25(35)29(24(17)31)13-15-6-4-3-5-7-15/h3-7,10-11,18,31H,8-9,12-14H2,1-2H3,(H,27,30,35)/t18-/m0/s1. The molecule has 0 saturated carbocycles. The van der Waals surface area contributed by atoms with Crippen LogP contribution in [0.2, 0.25) is 0 Å². The minimum absolute atomic E-state index is 0.0610. The Bertz CT molecular complexity index is 1400. The zero-order valence-corrected chi connectivity index (χ0v) is 20.3. The number of aromatic nitrogens is 2. The number of fused-ring (bicyclic) bond motifs is 2. The van der Waals surface area contributed by atoms with E-state index in [1.807, 2.05) is 43.4 Å². The molecule has 9 nitrogen and oxygen atoms in total. The van der Waals surface area contributed by atoms with Gasteiger partial charge in [-0.15, -0.1) is 0 Å². The average molecular weight is 495 g/mol. The summed E-state index contributed by atoms with van der Waals surface area (Å²) in [5.74, 6) is 1.73. The summed E-state index contributed by atoms with van der Waals surface area (Å²) in [4.78, 5) is 22.0. The molecule has 0 saturated heterocycles. The Labute approximate surface area is 207 Å². The van der Waals surface area contributed by atoms with Gasteiger partial charge >= 0.3 is 0 Å². The van der Waals surface area contributed by atoms with Gasteiger partial charge in [0.15, 0.2) is 16.3 Å². The highest BCUT2D eigenvalue weighted by Gasteiger charge is 2.33. The van der Waals surface area contributed by atoms with E-state index >= 15 is 0 Å². The third-order valence-corrected chi connectivity index (χ3v) is 6.76. The van der Waals surface area contributed by atoms with Crippen molar-refractivity contribution in [3.63, 3.8) is 0 Å². The van der Waals surface area contributed by atoms with Crippen molar-refractivity contribution in [2.45, 2.75) is 19.0 Å². The van der Waals surface area contributed by atoms with Crippen LogP contribution in [0.25, 0.3) is 0 Å². The van der Waals surface area contributed by atoms with Crippen LogP contribution in [0.5, 0.6) is 23.1 Å². The molecule has 35 heavy (non-hydrogen) atoms. The summed E-state index contributed by atoms with van der Waals surface area (Å²) in [7, 11) is 3.64. The summed E-state index contributed by atoms with van der Waals surface area (Å²) >= 11 is 5.29. The Morgan fingerprint density at radius 3 is 2.89 bits per heavy atom. The summed E-state index contributed by atoms with van der Waals surface area (Å²) in [6.07, 6.45) is 2.26. The van der Waals surface area contributed by atoms with Gasteiger partial charge in [-0.05, 0) is 42.9 Å². The third kappa shape index (κ3) is 4.30. The fourth-order valence-electron chi connectivity index (χ4n) is 4.60. The molecular weight excluding hydrogens is 468 g/mol. The van der Waals surface area contributed by atoms with E-state index < -0.39 is 5.56 Å². The lowest BCUT2D eigenvalue weighted by atomic mass is 9.91. The lowest BCUT2D eigenvalue weighted by Gasteiger charge is -2.35. The van der Waals surface area contributed by atoms with Crippen molar-refractivity contribution in [2.24, 2.45) is 4.99 Å². The van der Waals surface area contributed by atoms with Gasteiger partial charge in [0.05, 0.1) is 26.2 Å². The van der Waals surface area contributed by atoms with Crippen LogP contribution in [0.4, 0.5) is 0 Å². The quantitative estimate of drug-likeness (QED) is 0.401. The summed E-state index contributed by atoms with van der Waals surface area (Å²) < 4.78 is 18.6. The van der Waals surface area contributed by atoms with Crippen molar-refractivity contribution in [1.82, 2.24) is 14.5 Å². The van der Waals surface area contributed by atoms with E-state index in [1.165, 1.54) is 10.8 Å². The third-order valence-electron chi connectivity index (χ3n) is 6.44. The van der Waals surface area contributed by atoms with Gasteiger partial charge in [-0.2, -0.15) is 0 Å². The zero-order chi connectivity index (χ0) is 24.5. The van der Waals surface area contributed by atoms with E-state index in [4.69, 9.17) is 26.4 Å². The maximum atomic E-state index is 12.6. The molecule has 0 unspecified atom stereocenters. The van der Waals surface area contributed by atoms with E-state index in [9.17, 15) is 9.90 Å². The first-order chi connectivity index (χ1) is 17.0. The number of ether oxygens (including phenoxy) is 3. The second kappa shape index (κ2) is 9.55. The zero-order valence-electron chi connectivity index (χ0n) is 19.5. The number of likely N-dealkylation sites (N-methyl/N-ethyl adjacent to an activating group) is 1. The lowest BCUT2D eigenvalue weighted by molar-refractivity contribution is 0.170. The van der Waals surface area contributed by atoms with Crippen LogP contribution in [-0.4, -0.2) is 59.8 Å². The van der Waals surface area contributed by atoms with Gasteiger partial charge in [-0.3, -0.25) is 24.2 Å². The maximum Gasteiger partial charge on any atom is 0.264 e. The van der Waals surface area contributed by atoms with Crippen molar-refractivity contribution in [3.8, 4) is 23.1 Å². The molecular formula is C25H26N4O5S. The monoisotopic (exact) mass is 494 g/mol. The van der Waals surface area contributed by atoms with Crippen molar-refractivity contribution >= 4 is 18.4 Å². The normalized spacial score (nSPS) is 17.0. The maximum absolute atomic E-state index is 12.6. The van der Waals surface area contributed by atoms with Crippen LogP contribution < -0.4 is 19.8 Å². The predicted octanol–water partition coefficient (Wildman–Crippen LogP) is 3.05. The fraction of sp³-hybridized carbons (Fsp3) is 0.320. The van der Waals surface area contributed by atoms with Gasteiger partial charge < -0.3 is 19.3 Å². The molecule has 5 rings (SSSR count). The van der Waals surface area contributed by atoms with Crippen LogP contribution in [0.1, 0.15) is 28.3 Å². The van der Waals surface area contributed by atoms with Crippen LogP contribution in [-0.2, 0) is 13.0 Å². The summed E-state index contributed by atoms with van der Waals surface area (Å²) in [5, 5.41) is 10.9. The number of benzene rings is 2. The highest BCUT2D eigenvalue weighted by Crippen LogP contribution is 2.49. The molecule has 2 aliphatic heterocycles. The highest BCUT2D eigenvalue weighted by atomic mass is 32.1. The number of nitrogens with zero attached hydrogens (tertiary/aromatic N) is 3. The number of aromatic amines is 1. The minimum atomic E-state index is -0.487. The summed E-state index contributed by atoms with van der Waals surface area (Å²) in [6, 6.07) is 11.5. The molecule has 2 N–H and O–H groups in total. The Morgan fingerprint density at radius 1 is 1.31 bits per heavy atom. The molecule has 1 aromatic heterocycles. The first-order valence-electron chi connectivity index (χ1n) is 11.3. The first-order valence-corrected chi connectivity index (χ1v) is 11.7. The van der Waals surface area contributed by atoms with E-state index in [-0.39, 0.29) is 29.0 Å². The van der Waals surface area contributed by atoms with E-state index in [1.54, 1.807) is 7.11 Å². The molecule has 182 valence electrons. The number of hydrogen-bond donors (Lipinski definition) is 2. The molecule has 2 aromatic carbocycles. The summed E-state index contributed by atoms with van der Waals surface area (Å²) in [6.45, 7) is 1.68. The van der Waals surface area contributed by atoms with Crippen LogP contribution >= 0.6 is 12.2 Å². The number of aliphatic imine (C=N–C) groups is 1. The Balaban J connectivity index is 1.46. The Morgan fingerprint density at radius 2 is 2.11 bits per heavy atom. The molecule has 0 bridgehead atoms. The molecule has 0 spiro atoms. The second-order valence-electron chi connectivity index (χ2n) is 8.53. The number of hydrogen-bond acceptors (Lipinski definition) is 8. The SMILES string of the molecule is COc1c2c(cc3c1[C@H](CN=Cc1c(O)n(Cc4ccccc4)c(=S)[nH]c1=O)N(C)CC3)OCO2. The smallest absolute Gasteiger partial charge is 0.264 e. The average Bonchev–Trinajstić information content (AvgIpc) is 3.32. The number of methoxy groups -OCH3 is 1. The molecule has 3 aromatic rings. The molecule has 0 radical (unpaired) electrons. The Kier molecular flexibility index (Phi) is 6.31. The predicted molar refractivity (Wildman–Crippen MR) is 134 cm³/mol. The fourth-order valence-corrected chi connectivity index (χ4v) is 4.85. The van der Waals surface area contributed by atoms with Gasteiger partial charge in [0.1, 0.15) is 5.56 Å². The Hall–Kier alpha value is -3.63. The van der Waals surface area contributed by atoms with E-state index in [2.05, 4.69) is 14.9 Å². The highest BCUT2D eigenvalue weighted by molar-refractivity contribution is 7.71. The van der Waals surface area contributed by atoms with E-state index in [0.717, 1.165) is 29.7 Å². The van der Waals surface area contributed by atoms with Gasteiger partial charge in [-0.1, -0.05) is 30.3 Å². The van der Waals surface area contributed by atoms with Crippen LogP contribution in [0.3, 0.4) is 0 Å². The number of nitrogens with one attached hydrogen (secondary N) is 1. The first kappa shape index (κ1) is 23.1. The molecule has 0 amide bonds. The van der Waals surface area contributed by atoms with Crippen molar-refractivity contribution < 1.29 is 19.3 Å². The van der Waals surface area contributed by atoms with Crippen molar-refractivity contribution in [1.29, 1.82) is 0 Å². The molecule has 2 aliphatic rings. The second-order valence-corrected chi connectivity index (χ2v) is 8.91. The van der Waals surface area contributed by atoms with Crippen LogP contribution in [0, 0.1) is 4.77 Å². The van der Waals surface area contributed by atoms with Crippen molar-refractivity contribution in [3.05, 3.63) is 73.8 Å². The minimum Gasteiger partial charge on any atom is -0.494 e. The molecule has 1 atom stereocenters. The topological polar surface area (TPSA) is 101 Å². The number of H-pyrrole nitrogens is 1. The molecule has 0 fully saturated rings. The van der Waals surface area contributed by atoms with Gasteiger partial charge in [0, 0.05) is 18.3 Å². The molecule has 10 heteroatoms. The van der Waals surface area contributed by atoms with Crippen molar-refractivity contribution in [2.75, 3.05) is 34.0 Å². The summed E-state index contributed by atoms with van der Waals surface area (Å²) in [5.41, 5.74) is 2.65. The number of rotatable bonds is 6. The van der Waals surface area contributed by atoms with Gasteiger partial charge in [0.2, 0.25) is 18.4 Å². The largest absolute Gasteiger partial charge is 0.494 e. The van der Waals surface area contributed by atoms with Gasteiger partial charge in [0.25, 0.3) is 5.56 Å². The lowest BCUT2D eigenvalue weighted by Crippen LogP contribution is -2.34. The number of aromatic hydroxyl groups is 1. The van der Waals surface area contributed by atoms with Gasteiger partial charge in [-0.25, -0.2) is 0 Å².